The number of pyridine rings is 1. The number of carbonyl (C=O) groups is 1. The van der Waals surface area contributed by atoms with Gasteiger partial charge in [-0.15, -0.1) is 0 Å². The predicted octanol–water partition coefficient (Wildman–Crippen LogP) is 6.90. The number of fused-ring (bicyclic) bond motifs is 1. The first kappa shape index (κ1) is 21.7. The van der Waals surface area contributed by atoms with Crippen LogP contribution in [-0.4, -0.2) is 19.6 Å². The molecule has 3 nitrogen and oxygen atoms in total. The highest BCUT2D eigenvalue weighted by Gasteiger charge is 2.47. The van der Waals surface area contributed by atoms with Crippen LogP contribution in [0.4, 0.5) is 0 Å². The maximum absolute atomic E-state index is 12.0. The molecular weight excluding hydrogens is 362 g/mol. The molecule has 1 spiro atoms. The van der Waals surface area contributed by atoms with E-state index in [2.05, 4.69) is 54.6 Å². The van der Waals surface area contributed by atoms with Gasteiger partial charge in [0.1, 0.15) is 0 Å². The first-order valence-electron chi connectivity index (χ1n) is 11.1. The van der Waals surface area contributed by atoms with Gasteiger partial charge in [-0.1, -0.05) is 47.5 Å². The Morgan fingerprint density at radius 3 is 2.32 bits per heavy atom. The lowest BCUT2D eigenvalue weighted by molar-refractivity contribution is 0.0886. The van der Waals surface area contributed by atoms with Crippen LogP contribution in [0.5, 0.6) is 0 Å². The number of aromatic nitrogens is 1. The minimum Gasteiger partial charge on any atom is -0.410 e. The molecule has 0 unspecified atom stereocenters. The maximum atomic E-state index is 12.0. The average molecular weight is 402 g/mol. The van der Waals surface area contributed by atoms with Gasteiger partial charge in [-0.25, -0.2) is 0 Å². The van der Waals surface area contributed by atoms with Crippen molar-refractivity contribution in [3.05, 3.63) is 28.1 Å². The fourth-order valence-corrected chi connectivity index (χ4v) is 6.30. The van der Waals surface area contributed by atoms with E-state index in [0.717, 1.165) is 35.9 Å². The van der Waals surface area contributed by atoms with Gasteiger partial charge in [0.25, 0.3) is 0 Å². The van der Waals surface area contributed by atoms with E-state index in [4.69, 9.17) is 9.41 Å². The van der Waals surface area contributed by atoms with Crippen LogP contribution in [0.15, 0.2) is 0 Å². The summed E-state index contributed by atoms with van der Waals surface area (Å²) in [5, 5.41) is 0.167. The molecule has 0 aliphatic heterocycles. The standard InChI is InChI=1S/C24H39NO2Si/c1-16(2)22-18(15-26)17(3)21-19(25-22)13-24(11-9-10-12-24)14-20(21)27-28(7,8)23(4,5)6/h15-16,20H,9-14H2,1-8H3/t20-/m0/s1. The lowest BCUT2D eigenvalue weighted by atomic mass is 9.69. The van der Waals surface area contributed by atoms with Crippen LogP contribution in [-0.2, 0) is 10.8 Å². The van der Waals surface area contributed by atoms with E-state index in [1.807, 2.05) is 0 Å². The lowest BCUT2D eigenvalue weighted by Gasteiger charge is -2.45. The Hall–Kier alpha value is -1.00. The zero-order chi connectivity index (χ0) is 20.9. The van der Waals surface area contributed by atoms with Crippen molar-refractivity contribution in [1.29, 1.82) is 0 Å². The van der Waals surface area contributed by atoms with Crippen molar-refractivity contribution >= 4 is 14.6 Å². The van der Waals surface area contributed by atoms with Gasteiger partial charge in [-0.2, -0.15) is 0 Å². The molecule has 0 saturated heterocycles. The van der Waals surface area contributed by atoms with E-state index in [9.17, 15) is 4.79 Å². The summed E-state index contributed by atoms with van der Waals surface area (Å²) in [7, 11) is -1.93. The van der Waals surface area contributed by atoms with Crippen molar-refractivity contribution in [2.45, 2.75) is 110 Å². The Morgan fingerprint density at radius 2 is 1.82 bits per heavy atom. The molecule has 0 bridgehead atoms. The van der Waals surface area contributed by atoms with E-state index in [1.54, 1.807) is 0 Å². The summed E-state index contributed by atoms with van der Waals surface area (Å²) in [6.07, 6.45) is 8.47. The molecule has 0 aromatic carbocycles. The molecule has 2 aliphatic carbocycles. The van der Waals surface area contributed by atoms with Crippen molar-refractivity contribution in [1.82, 2.24) is 4.98 Å². The third-order valence-corrected chi connectivity index (χ3v) is 12.2. The largest absolute Gasteiger partial charge is 0.410 e. The Bertz CT molecular complexity index is 755. The van der Waals surface area contributed by atoms with Crippen LogP contribution in [0.3, 0.4) is 0 Å². The zero-order valence-electron chi connectivity index (χ0n) is 19.2. The summed E-state index contributed by atoms with van der Waals surface area (Å²) in [6, 6.07) is 0. The van der Waals surface area contributed by atoms with Crippen LogP contribution in [0.2, 0.25) is 18.1 Å². The highest BCUT2D eigenvalue weighted by Crippen LogP contribution is 2.54. The van der Waals surface area contributed by atoms with Gasteiger partial charge in [0.15, 0.2) is 14.6 Å². The van der Waals surface area contributed by atoms with E-state index >= 15 is 0 Å². The molecule has 0 N–H and O–H groups in total. The van der Waals surface area contributed by atoms with Crippen LogP contribution >= 0.6 is 0 Å². The number of aldehydes is 1. The SMILES string of the molecule is Cc1c(C=O)c(C(C)C)nc2c1[C@@H](O[Si](C)(C)C(C)(C)C)CC1(CCCC1)C2. The molecule has 4 heteroatoms. The number of hydrogen-bond acceptors (Lipinski definition) is 3. The van der Waals surface area contributed by atoms with Crippen LogP contribution in [0, 0.1) is 12.3 Å². The third-order valence-electron chi connectivity index (χ3n) is 7.71. The van der Waals surface area contributed by atoms with E-state index in [1.165, 1.54) is 36.9 Å². The van der Waals surface area contributed by atoms with Gasteiger partial charge >= 0.3 is 0 Å². The summed E-state index contributed by atoms with van der Waals surface area (Å²) < 4.78 is 7.02. The van der Waals surface area contributed by atoms with Crippen LogP contribution < -0.4 is 0 Å². The number of hydrogen-bond donors (Lipinski definition) is 0. The minimum atomic E-state index is -1.93. The van der Waals surface area contributed by atoms with E-state index < -0.39 is 8.32 Å². The lowest BCUT2D eigenvalue weighted by Crippen LogP contribution is -2.44. The van der Waals surface area contributed by atoms with Crippen molar-refractivity contribution in [3.8, 4) is 0 Å². The van der Waals surface area contributed by atoms with Gasteiger partial charge in [-0.05, 0) is 67.6 Å². The summed E-state index contributed by atoms with van der Waals surface area (Å²) in [6.45, 7) is 18.0. The molecule has 1 aromatic heterocycles. The molecule has 1 fully saturated rings. The highest BCUT2D eigenvalue weighted by molar-refractivity contribution is 6.74. The van der Waals surface area contributed by atoms with Crippen LogP contribution in [0.25, 0.3) is 0 Å². The quantitative estimate of drug-likeness (QED) is 0.407. The first-order chi connectivity index (χ1) is 12.9. The molecule has 3 rings (SSSR count). The number of rotatable bonds is 4. The van der Waals surface area contributed by atoms with Crippen molar-refractivity contribution < 1.29 is 9.22 Å². The fourth-order valence-electron chi connectivity index (χ4n) is 5.03. The van der Waals surface area contributed by atoms with Gasteiger partial charge in [0.2, 0.25) is 0 Å². The topological polar surface area (TPSA) is 39.2 Å². The second-order valence-electron chi connectivity index (χ2n) is 11.1. The number of nitrogens with zero attached hydrogens (tertiary/aromatic N) is 1. The smallest absolute Gasteiger partial charge is 0.192 e. The van der Waals surface area contributed by atoms with Crippen LogP contribution in [0.1, 0.15) is 112 Å². The Kier molecular flexibility index (Phi) is 5.70. The molecule has 1 atom stereocenters. The van der Waals surface area contributed by atoms with Gasteiger partial charge in [0.05, 0.1) is 11.8 Å². The first-order valence-corrected chi connectivity index (χ1v) is 14.0. The van der Waals surface area contributed by atoms with Crippen molar-refractivity contribution in [3.63, 3.8) is 0 Å². The maximum Gasteiger partial charge on any atom is 0.192 e. The van der Waals surface area contributed by atoms with Crippen molar-refractivity contribution in [2.75, 3.05) is 0 Å². The monoisotopic (exact) mass is 401 g/mol. The molecule has 1 heterocycles. The van der Waals surface area contributed by atoms with Gasteiger partial charge in [-0.3, -0.25) is 9.78 Å². The second-order valence-corrected chi connectivity index (χ2v) is 15.9. The average Bonchev–Trinajstić information content (AvgIpc) is 3.00. The molecule has 28 heavy (non-hydrogen) atoms. The molecule has 0 amide bonds. The molecule has 156 valence electrons. The van der Waals surface area contributed by atoms with Gasteiger partial charge < -0.3 is 4.43 Å². The third kappa shape index (κ3) is 3.75. The zero-order valence-corrected chi connectivity index (χ0v) is 20.2. The Labute approximate surface area is 172 Å². The molecule has 2 aliphatic rings. The molecule has 0 radical (unpaired) electrons. The summed E-state index contributed by atoms with van der Waals surface area (Å²) in [5.41, 5.74) is 5.65. The Morgan fingerprint density at radius 1 is 1.21 bits per heavy atom. The van der Waals surface area contributed by atoms with Gasteiger partial charge in [0, 0.05) is 16.8 Å². The molecule has 1 aromatic rings. The fraction of sp³-hybridized carbons (Fsp3) is 0.750. The predicted molar refractivity (Wildman–Crippen MR) is 119 cm³/mol. The second kappa shape index (κ2) is 7.35. The summed E-state index contributed by atoms with van der Waals surface area (Å²) in [5.74, 6) is 0.255. The van der Waals surface area contributed by atoms with Crippen molar-refractivity contribution in [2.24, 2.45) is 5.41 Å². The molecular formula is C24H39NO2Si. The summed E-state index contributed by atoms with van der Waals surface area (Å²) >= 11 is 0. The Balaban J connectivity index is 2.15. The van der Waals surface area contributed by atoms with E-state index in [0.29, 0.717) is 5.41 Å². The molecule has 1 saturated carbocycles. The number of carbonyl (C=O) groups excluding carboxylic acids is 1. The normalized spacial score (nSPS) is 22.0. The minimum absolute atomic E-state index is 0.0788. The highest BCUT2D eigenvalue weighted by atomic mass is 28.4. The van der Waals surface area contributed by atoms with E-state index in [-0.39, 0.29) is 17.1 Å². The summed E-state index contributed by atoms with van der Waals surface area (Å²) in [4.78, 5) is 17.1.